The van der Waals surface area contributed by atoms with Crippen molar-refractivity contribution in [3.63, 3.8) is 0 Å². The molecule has 1 heterocycles. The van der Waals surface area contributed by atoms with Gasteiger partial charge in [0.15, 0.2) is 5.96 Å². The molecule has 3 N–H and O–H groups in total. The van der Waals surface area contributed by atoms with Crippen molar-refractivity contribution < 1.29 is 4.79 Å². The summed E-state index contributed by atoms with van der Waals surface area (Å²) in [6.07, 6.45) is 4.27. The highest BCUT2D eigenvalue weighted by Gasteiger charge is 2.25. The van der Waals surface area contributed by atoms with E-state index in [0.29, 0.717) is 6.54 Å². The minimum Gasteiger partial charge on any atom is -0.352 e. The van der Waals surface area contributed by atoms with Crippen molar-refractivity contribution in [2.24, 2.45) is 10.9 Å². The largest absolute Gasteiger partial charge is 0.352 e. The summed E-state index contributed by atoms with van der Waals surface area (Å²) in [4.78, 5) is 19.1. The van der Waals surface area contributed by atoms with E-state index in [-0.39, 0.29) is 35.8 Å². The zero-order valence-electron chi connectivity index (χ0n) is 16.5. The molecular weight excluding hydrogens is 483 g/mol. The molecule has 0 atom stereocenters. The quantitative estimate of drug-likeness (QED) is 0.290. The summed E-state index contributed by atoms with van der Waals surface area (Å²) in [7, 11) is 1.77. The summed E-state index contributed by atoms with van der Waals surface area (Å²) in [6.45, 7) is 3.59. The van der Waals surface area contributed by atoms with Crippen LogP contribution in [0.3, 0.4) is 0 Å². The van der Waals surface area contributed by atoms with Crippen LogP contribution in [0.25, 0.3) is 0 Å². The smallest absolute Gasteiger partial charge is 0.227 e. The van der Waals surface area contributed by atoms with Gasteiger partial charge < -0.3 is 16.0 Å². The number of guanidine groups is 1. The van der Waals surface area contributed by atoms with Crippen LogP contribution in [-0.4, -0.2) is 18.9 Å². The van der Waals surface area contributed by atoms with Crippen molar-refractivity contribution in [3.05, 3.63) is 51.7 Å². The van der Waals surface area contributed by atoms with Crippen LogP contribution in [0, 0.1) is 5.92 Å². The average Bonchev–Trinajstić information content (AvgIpc) is 3.09. The maximum absolute atomic E-state index is 12.1. The molecule has 0 unspecified atom stereocenters. The van der Waals surface area contributed by atoms with Crippen LogP contribution < -0.4 is 16.0 Å². The number of thiophene rings is 1. The number of anilines is 1. The zero-order valence-corrected chi connectivity index (χ0v) is 19.6. The maximum atomic E-state index is 12.1. The minimum atomic E-state index is 0. The predicted octanol–water partition coefficient (Wildman–Crippen LogP) is 4.53. The molecule has 0 spiro atoms. The van der Waals surface area contributed by atoms with Gasteiger partial charge in [0.1, 0.15) is 0 Å². The van der Waals surface area contributed by atoms with Crippen molar-refractivity contribution in [2.75, 3.05) is 12.4 Å². The number of aryl methyl sites for hydroxylation is 1. The van der Waals surface area contributed by atoms with Gasteiger partial charge in [0.05, 0.1) is 6.54 Å². The minimum absolute atomic E-state index is 0. The van der Waals surface area contributed by atoms with E-state index in [1.54, 1.807) is 7.05 Å². The second-order valence-electron chi connectivity index (χ2n) is 6.82. The molecule has 1 amide bonds. The van der Waals surface area contributed by atoms with E-state index in [1.165, 1.54) is 16.2 Å². The highest BCUT2D eigenvalue weighted by atomic mass is 127. The molecule has 1 aliphatic carbocycles. The molecule has 0 saturated heterocycles. The van der Waals surface area contributed by atoms with Crippen LogP contribution in [0.5, 0.6) is 0 Å². The Kier molecular flexibility index (Phi) is 9.24. The molecule has 7 heteroatoms. The summed E-state index contributed by atoms with van der Waals surface area (Å²) >= 11 is 1.83. The summed E-state index contributed by atoms with van der Waals surface area (Å²) in [6, 6.07) is 12.3. The van der Waals surface area contributed by atoms with E-state index in [1.807, 2.05) is 35.6 Å². The molecule has 1 aromatic carbocycles. The van der Waals surface area contributed by atoms with Gasteiger partial charge in [-0.15, -0.1) is 35.3 Å². The van der Waals surface area contributed by atoms with Crippen LogP contribution >= 0.6 is 35.3 Å². The number of hydrogen-bond acceptors (Lipinski definition) is 3. The molecule has 28 heavy (non-hydrogen) atoms. The Hall–Kier alpha value is -1.61. The zero-order chi connectivity index (χ0) is 19.1. The SMILES string of the molecule is CCc1ccc(CNC(=NC)NCc2cccc(NC(=O)C3CCC3)c2)s1.I. The second kappa shape index (κ2) is 11.4. The van der Waals surface area contributed by atoms with Crippen molar-refractivity contribution in [3.8, 4) is 0 Å². The summed E-state index contributed by atoms with van der Waals surface area (Å²) in [5.41, 5.74) is 1.97. The fourth-order valence-electron chi connectivity index (χ4n) is 2.96. The Morgan fingerprint density at radius 2 is 1.89 bits per heavy atom. The molecule has 0 bridgehead atoms. The van der Waals surface area contributed by atoms with Gasteiger partial charge in [0, 0.05) is 35.0 Å². The number of nitrogens with zero attached hydrogens (tertiary/aromatic N) is 1. The second-order valence-corrected chi connectivity index (χ2v) is 8.07. The van der Waals surface area contributed by atoms with Crippen LogP contribution in [0.4, 0.5) is 5.69 Å². The summed E-state index contributed by atoms with van der Waals surface area (Å²) < 4.78 is 0. The number of amides is 1. The number of carbonyl (C=O) groups excluding carboxylic acids is 1. The molecule has 5 nitrogen and oxygen atoms in total. The van der Waals surface area contributed by atoms with Gasteiger partial charge >= 0.3 is 0 Å². The number of aliphatic imine (C=N–C) groups is 1. The average molecular weight is 512 g/mol. The normalized spacial score (nSPS) is 14.0. The third kappa shape index (κ3) is 6.48. The third-order valence-corrected chi connectivity index (χ3v) is 6.08. The number of carbonyl (C=O) groups is 1. The predicted molar refractivity (Wildman–Crippen MR) is 129 cm³/mol. The molecule has 1 aliphatic rings. The highest BCUT2D eigenvalue weighted by molar-refractivity contribution is 14.0. The summed E-state index contributed by atoms with van der Waals surface area (Å²) in [5.74, 6) is 1.11. The van der Waals surface area contributed by atoms with E-state index < -0.39 is 0 Å². The van der Waals surface area contributed by atoms with Crippen LogP contribution in [0.2, 0.25) is 0 Å². The number of nitrogens with one attached hydrogen (secondary N) is 3. The lowest BCUT2D eigenvalue weighted by molar-refractivity contribution is -0.122. The highest BCUT2D eigenvalue weighted by Crippen LogP contribution is 2.27. The Morgan fingerprint density at radius 3 is 2.54 bits per heavy atom. The topological polar surface area (TPSA) is 65.5 Å². The number of rotatable bonds is 7. The van der Waals surface area contributed by atoms with Gasteiger partial charge in [-0.2, -0.15) is 0 Å². The first-order chi connectivity index (χ1) is 13.2. The Morgan fingerprint density at radius 1 is 1.14 bits per heavy atom. The summed E-state index contributed by atoms with van der Waals surface area (Å²) in [5, 5.41) is 9.71. The van der Waals surface area contributed by atoms with Crippen molar-refractivity contribution in [1.82, 2.24) is 10.6 Å². The molecule has 1 fully saturated rings. The molecule has 1 saturated carbocycles. The molecule has 2 aromatic rings. The number of benzene rings is 1. The van der Waals surface area contributed by atoms with Crippen molar-refractivity contribution in [1.29, 1.82) is 0 Å². The Bertz CT molecular complexity index is 801. The molecular formula is C21H29IN4OS. The van der Waals surface area contributed by atoms with Gasteiger partial charge in [-0.1, -0.05) is 25.5 Å². The number of hydrogen-bond donors (Lipinski definition) is 3. The fraction of sp³-hybridized carbons (Fsp3) is 0.429. The molecule has 0 aliphatic heterocycles. The van der Waals surface area contributed by atoms with Crippen molar-refractivity contribution >= 4 is 52.9 Å². The van der Waals surface area contributed by atoms with E-state index in [2.05, 4.69) is 40.0 Å². The number of halogens is 1. The Labute approximate surface area is 188 Å². The molecule has 1 aromatic heterocycles. The first kappa shape index (κ1) is 22.7. The monoisotopic (exact) mass is 512 g/mol. The van der Waals surface area contributed by atoms with Gasteiger partial charge in [-0.25, -0.2) is 0 Å². The molecule has 0 radical (unpaired) electrons. The Balaban J connectivity index is 0.00000280. The van der Waals surface area contributed by atoms with Crippen molar-refractivity contribution in [2.45, 2.75) is 45.7 Å². The third-order valence-electron chi connectivity index (χ3n) is 4.85. The van der Waals surface area contributed by atoms with Gasteiger partial charge in [-0.05, 0) is 49.1 Å². The lowest BCUT2D eigenvalue weighted by Gasteiger charge is -2.24. The van der Waals surface area contributed by atoms with Gasteiger partial charge in [0.25, 0.3) is 0 Å². The maximum Gasteiger partial charge on any atom is 0.227 e. The van der Waals surface area contributed by atoms with E-state index in [9.17, 15) is 4.79 Å². The van der Waals surface area contributed by atoms with E-state index >= 15 is 0 Å². The first-order valence-electron chi connectivity index (χ1n) is 9.60. The van der Waals surface area contributed by atoms with Gasteiger partial charge in [-0.3, -0.25) is 9.79 Å². The van der Waals surface area contributed by atoms with E-state index in [4.69, 9.17) is 0 Å². The first-order valence-corrected chi connectivity index (χ1v) is 10.4. The van der Waals surface area contributed by atoms with Gasteiger partial charge in [0.2, 0.25) is 5.91 Å². The van der Waals surface area contributed by atoms with Crippen LogP contribution in [0.15, 0.2) is 41.4 Å². The standard InChI is InChI=1S/C21H28N4OS.HI/c1-3-18-10-11-19(27-18)14-24-21(22-2)23-13-15-6-4-9-17(12-15)25-20(26)16-7-5-8-16;/h4,6,9-12,16H,3,5,7-8,13-14H2,1-2H3,(H,25,26)(H2,22,23,24);1H. The fourth-order valence-corrected chi connectivity index (χ4v) is 3.86. The molecule has 3 rings (SSSR count). The molecule has 152 valence electrons. The lowest BCUT2D eigenvalue weighted by Crippen LogP contribution is -2.36. The van der Waals surface area contributed by atoms with Crippen LogP contribution in [-0.2, 0) is 24.3 Å². The van der Waals surface area contributed by atoms with E-state index in [0.717, 1.165) is 43.0 Å². The van der Waals surface area contributed by atoms with Crippen LogP contribution in [0.1, 0.15) is 41.5 Å². The lowest BCUT2D eigenvalue weighted by atomic mass is 9.85.